The van der Waals surface area contributed by atoms with Crippen LogP contribution >= 0.6 is 11.9 Å². The van der Waals surface area contributed by atoms with Crippen LogP contribution < -0.4 is 9.21 Å². The number of nitrogens with one attached hydrogen (secondary N) is 1. The van der Waals surface area contributed by atoms with E-state index in [0.29, 0.717) is 5.56 Å². The molecule has 3 aromatic rings. The number of aromatic amines is 1. The molecule has 1 aliphatic heterocycles. The fourth-order valence-electron chi connectivity index (χ4n) is 2.94. The van der Waals surface area contributed by atoms with Crippen LogP contribution in [0.3, 0.4) is 0 Å². The SMILES string of the molecule is N#Cc1cccc(N2CCN(Cc3c[nH]cn3)c3ccccc3S2)c1. The third kappa shape index (κ3) is 3.32. The van der Waals surface area contributed by atoms with Crippen LogP contribution in [0.2, 0.25) is 0 Å². The van der Waals surface area contributed by atoms with E-state index in [0.717, 1.165) is 31.0 Å². The maximum Gasteiger partial charge on any atom is 0.0992 e. The summed E-state index contributed by atoms with van der Waals surface area (Å²) in [7, 11) is 0. The summed E-state index contributed by atoms with van der Waals surface area (Å²) in [5.74, 6) is 0. The van der Waals surface area contributed by atoms with Gasteiger partial charge in [0.1, 0.15) is 0 Å². The van der Waals surface area contributed by atoms with Crippen molar-refractivity contribution in [2.75, 3.05) is 22.3 Å². The number of anilines is 2. The summed E-state index contributed by atoms with van der Waals surface area (Å²) in [4.78, 5) is 10.9. The van der Waals surface area contributed by atoms with E-state index in [1.807, 2.05) is 24.4 Å². The number of hydrogen-bond acceptors (Lipinski definition) is 5. The van der Waals surface area contributed by atoms with Crippen molar-refractivity contribution >= 4 is 23.3 Å². The van der Waals surface area contributed by atoms with Gasteiger partial charge in [-0.25, -0.2) is 4.98 Å². The van der Waals surface area contributed by atoms with Gasteiger partial charge in [0.15, 0.2) is 0 Å². The first-order chi connectivity index (χ1) is 12.3. The smallest absolute Gasteiger partial charge is 0.0992 e. The Labute approximate surface area is 151 Å². The molecule has 1 aliphatic rings. The van der Waals surface area contributed by atoms with Crippen LogP contribution in [0, 0.1) is 11.3 Å². The van der Waals surface area contributed by atoms with Gasteiger partial charge in [0.05, 0.1) is 40.8 Å². The molecule has 2 heterocycles. The van der Waals surface area contributed by atoms with E-state index < -0.39 is 0 Å². The molecule has 6 heteroatoms. The highest BCUT2D eigenvalue weighted by atomic mass is 32.2. The molecular weight excluding hydrogens is 330 g/mol. The lowest BCUT2D eigenvalue weighted by Crippen LogP contribution is -2.29. The zero-order valence-corrected chi connectivity index (χ0v) is 14.4. The van der Waals surface area contributed by atoms with E-state index in [4.69, 9.17) is 5.26 Å². The highest BCUT2D eigenvalue weighted by Gasteiger charge is 2.21. The molecule has 0 fully saturated rings. The molecule has 0 amide bonds. The largest absolute Gasteiger partial charge is 0.363 e. The molecule has 0 saturated heterocycles. The summed E-state index contributed by atoms with van der Waals surface area (Å²) in [6.45, 7) is 2.51. The summed E-state index contributed by atoms with van der Waals surface area (Å²) >= 11 is 1.72. The third-order valence-corrected chi connectivity index (χ3v) is 5.31. The number of benzene rings is 2. The third-order valence-electron chi connectivity index (χ3n) is 4.16. The van der Waals surface area contributed by atoms with Gasteiger partial charge in [-0.05, 0) is 42.3 Å². The standard InChI is InChI=1S/C19H17N5S/c20-11-15-4-3-5-17(10-15)24-9-8-23(13-16-12-21-14-22-16)18-6-1-2-7-19(18)25-24/h1-7,10,12,14H,8-9,13H2,(H,21,22). The first kappa shape index (κ1) is 15.6. The van der Waals surface area contributed by atoms with Gasteiger partial charge >= 0.3 is 0 Å². The Kier molecular flexibility index (Phi) is 4.32. The molecule has 2 aromatic carbocycles. The predicted molar refractivity (Wildman–Crippen MR) is 100 cm³/mol. The minimum Gasteiger partial charge on any atom is -0.363 e. The highest BCUT2D eigenvalue weighted by molar-refractivity contribution is 8.00. The molecule has 0 spiro atoms. The second kappa shape index (κ2) is 6.91. The molecule has 0 bridgehead atoms. The molecule has 5 nitrogen and oxygen atoms in total. The van der Waals surface area contributed by atoms with Crippen molar-refractivity contribution in [1.82, 2.24) is 9.97 Å². The van der Waals surface area contributed by atoms with Crippen molar-refractivity contribution < 1.29 is 0 Å². The minimum atomic E-state index is 0.684. The number of hydrogen-bond donors (Lipinski definition) is 1. The van der Waals surface area contributed by atoms with Crippen LogP contribution in [0.5, 0.6) is 0 Å². The molecule has 1 aromatic heterocycles. The topological polar surface area (TPSA) is 59.0 Å². The van der Waals surface area contributed by atoms with Gasteiger partial charge in [-0.3, -0.25) is 0 Å². The molecule has 124 valence electrons. The zero-order chi connectivity index (χ0) is 17.1. The fraction of sp³-hybridized carbons (Fsp3) is 0.158. The number of nitrogens with zero attached hydrogens (tertiary/aromatic N) is 4. The molecule has 0 unspecified atom stereocenters. The van der Waals surface area contributed by atoms with E-state index in [9.17, 15) is 0 Å². The molecule has 0 saturated carbocycles. The minimum absolute atomic E-state index is 0.684. The van der Waals surface area contributed by atoms with Crippen LogP contribution in [-0.4, -0.2) is 23.1 Å². The Morgan fingerprint density at radius 3 is 2.92 bits per heavy atom. The lowest BCUT2D eigenvalue weighted by molar-refractivity contribution is 0.779. The Morgan fingerprint density at radius 1 is 1.16 bits per heavy atom. The molecule has 25 heavy (non-hydrogen) atoms. The van der Waals surface area contributed by atoms with E-state index in [2.05, 4.69) is 55.6 Å². The first-order valence-corrected chi connectivity index (χ1v) is 8.88. The van der Waals surface area contributed by atoms with Crippen LogP contribution in [0.4, 0.5) is 11.4 Å². The van der Waals surface area contributed by atoms with E-state index >= 15 is 0 Å². The van der Waals surface area contributed by atoms with Gasteiger partial charge in [0.2, 0.25) is 0 Å². The summed E-state index contributed by atoms with van der Waals surface area (Å²) < 4.78 is 2.25. The Balaban J connectivity index is 1.65. The van der Waals surface area contributed by atoms with Gasteiger partial charge in [0.25, 0.3) is 0 Å². The highest BCUT2D eigenvalue weighted by Crippen LogP contribution is 2.38. The monoisotopic (exact) mass is 347 g/mol. The Hall–Kier alpha value is -2.91. The van der Waals surface area contributed by atoms with Gasteiger partial charge in [-0.1, -0.05) is 18.2 Å². The molecule has 0 radical (unpaired) electrons. The number of para-hydroxylation sites is 1. The van der Waals surface area contributed by atoms with Crippen molar-refractivity contribution in [2.24, 2.45) is 0 Å². The van der Waals surface area contributed by atoms with Crippen LogP contribution in [0.15, 0.2) is 66.0 Å². The number of H-pyrrole nitrogens is 1. The van der Waals surface area contributed by atoms with Crippen LogP contribution in [0.1, 0.15) is 11.3 Å². The van der Waals surface area contributed by atoms with Crippen LogP contribution in [0.25, 0.3) is 0 Å². The number of nitriles is 1. The van der Waals surface area contributed by atoms with Gasteiger partial charge in [-0.2, -0.15) is 5.26 Å². The maximum atomic E-state index is 9.17. The van der Waals surface area contributed by atoms with E-state index in [-0.39, 0.29) is 0 Å². The second-order valence-corrected chi connectivity index (χ2v) is 6.87. The van der Waals surface area contributed by atoms with Crippen molar-refractivity contribution in [2.45, 2.75) is 11.4 Å². The number of aromatic nitrogens is 2. The second-order valence-electron chi connectivity index (χ2n) is 5.81. The number of rotatable bonds is 3. The van der Waals surface area contributed by atoms with Crippen molar-refractivity contribution in [1.29, 1.82) is 5.26 Å². The molecule has 4 rings (SSSR count). The molecule has 0 aliphatic carbocycles. The number of imidazole rings is 1. The summed E-state index contributed by atoms with van der Waals surface area (Å²) in [5.41, 5.74) is 3.98. The van der Waals surface area contributed by atoms with Gasteiger partial charge in [-0.15, -0.1) is 0 Å². The maximum absolute atomic E-state index is 9.17. The summed E-state index contributed by atoms with van der Waals surface area (Å²) in [6, 6.07) is 18.4. The van der Waals surface area contributed by atoms with Crippen molar-refractivity contribution in [3.63, 3.8) is 0 Å². The molecular formula is C19H17N5S. The van der Waals surface area contributed by atoms with Crippen molar-refractivity contribution in [3.8, 4) is 6.07 Å². The zero-order valence-electron chi connectivity index (χ0n) is 13.6. The van der Waals surface area contributed by atoms with Crippen molar-refractivity contribution in [3.05, 3.63) is 72.3 Å². The van der Waals surface area contributed by atoms with E-state index in [1.165, 1.54) is 10.6 Å². The normalized spacial score (nSPS) is 13.9. The van der Waals surface area contributed by atoms with Gasteiger partial charge < -0.3 is 14.2 Å². The number of fused-ring (bicyclic) bond motifs is 1. The molecule has 0 atom stereocenters. The summed E-state index contributed by atoms with van der Waals surface area (Å²) in [6.07, 6.45) is 3.66. The van der Waals surface area contributed by atoms with Crippen LogP contribution in [-0.2, 0) is 6.54 Å². The first-order valence-electron chi connectivity index (χ1n) is 8.11. The Bertz CT molecular complexity index is 900. The predicted octanol–water partition coefficient (Wildman–Crippen LogP) is 3.82. The quantitative estimate of drug-likeness (QED) is 0.730. The lowest BCUT2D eigenvalue weighted by atomic mass is 10.2. The molecule has 1 N–H and O–H groups in total. The fourth-order valence-corrected chi connectivity index (χ4v) is 4.00. The Morgan fingerprint density at radius 2 is 2.08 bits per heavy atom. The average molecular weight is 347 g/mol. The lowest BCUT2D eigenvalue weighted by Gasteiger charge is -2.24. The van der Waals surface area contributed by atoms with E-state index in [1.54, 1.807) is 18.3 Å². The van der Waals surface area contributed by atoms with Gasteiger partial charge in [0, 0.05) is 25.0 Å². The summed E-state index contributed by atoms with van der Waals surface area (Å²) in [5, 5.41) is 9.17. The average Bonchev–Trinajstić information content (AvgIpc) is 3.10.